The number of halogens is 1. The summed E-state index contributed by atoms with van der Waals surface area (Å²) >= 11 is 6.01. The smallest absolute Gasteiger partial charge is 0.146 e. The van der Waals surface area contributed by atoms with Crippen molar-refractivity contribution in [2.45, 2.75) is 50.1 Å². The Labute approximate surface area is 135 Å². The van der Waals surface area contributed by atoms with Gasteiger partial charge in [-0.25, -0.2) is 0 Å². The van der Waals surface area contributed by atoms with Gasteiger partial charge in [0.05, 0.1) is 6.54 Å². The monoisotopic (exact) mass is 316 g/mol. The van der Waals surface area contributed by atoms with Crippen molar-refractivity contribution in [3.8, 4) is 0 Å². The first-order chi connectivity index (χ1) is 10.7. The SMILES string of the molecule is Cn1c(CNC2(c3ccc(Cl)cc3)CCC2)nnc1C1CC1. The molecule has 0 spiro atoms. The highest BCUT2D eigenvalue weighted by atomic mass is 35.5. The largest absolute Gasteiger partial charge is 0.317 e. The van der Waals surface area contributed by atoms with Gasteiger partial charge in [0.1, 0.15) is 11.6 Å². The maximum absolute atomic E-state index is 6.01. The van der Waals surface area contributed by atoms with Crippen molar-refractivity contribution >= 4 is 11.6 Å². The fourth-order valence-corrected chi connectivity index (χ4v) is 3.47. The Morgan fingerprint density at radius 1 is 1.23 bits per heavy atom. The first kappa shape index (κ1) is 14.2. The molecule has 0 radical (unpaired) electrons. The molecule has 0 amide bonds. The van der Waals surface area contributed by atoms with Crippen molar-refractivity contribution in [3.05, 3.63) is 46.5 Å². The normalized spacial score (nSPS) is 19.9. The van der Waals surface area contributed by atoms with Crippen LogP contribution in [0.5, 0.6) is 0 Å². The number of nitrogens with zero attached hydrogens (tertiary/aromatic N) is 3. The number of hydrogen-bond acceptors (Lipinski definition) is 3. The highest BCUT2D eigenvalue weighted by Gasteiger charge is 2.38. The molecular formula is C17H21ClN4. The van der Waals surface area contributed by atoms with Crippen LogP contribution in [0.25, 0.3) is 0 Å². The molecule has 4 nitrogen and oxygen atoms in total. The Bertz CT molecular complexity index is 668. The molecule has 2 aliphatic rings. The molecule has 2 aromatic rings. The van der Waals surface area contributed by atoms with Crippen molar-refractivity contribution in [1.82, 2.24) is 20.1 Å². The molecule has 0 unspecified atom stereocenters. The molecule has 22 heavy (non-hydrogen) atoms. The fourth-order valence-electron chi connectivity index (χ4n) is 3.34. The van der Waals surface area contributed by atoms with E-state index in [2.05, 4.69) is 39.3 Å². The van der Waals surface area contributed by atoms with Crippen molar-refractivity contribution in [1.29, 1.82) is 0 Å². The number of rotatable bonds is 5. The van der Waals surface area contributed by atoms with Gasteiger partial charge in [0.15, 0.2) is 0 Å². The Kier molecular flexibility index (Phi) is 3.46. The van der Waals surface area contributed by atoms with E-state index in [1.807, 2.05) is 12.1 Å². The standard InChI is InChI=1S/C17H21ClN4/c1-22-15(20-21-16(22)12-3-4-12)11-19-17(9-2-10-17)13-5-7-14(18)8-6-13/h5-8,12,19H,2-4,9-11H2,1H3. The van der Waals surface area contributed by atoms with Gasteiger partial charge in [-0.05, 0) is 49.8 Å². The molecule has 0 saturated heterocycles. The lowest BCUT2D eigenvalue weighted by atomic mass is 9.72. The van der Waals surface area contributed by atoms with Crippen LogP contribution in [0.3, 0.4) is 0 Å². The summed E-state index contributed by atoms with van der Waals surface area (Å²) < 4.78 is 2.17. The minimum Gasteiger partial charge on any atom is -0.317 e. The molecule has 2 saturated carbocycles. The van der Waals surface area contributed by atoms with E-state index in [0.29, 0.717) is 5.92 Å². The molecule has 1 aromatic heterocycles. The van der Waals surface area contributed by atoms with Crippen molar-refractivity contribution < 1.29 is 0 Å². The molecule has 0 atom stereocenters. The predicted octanol–water partition coefficient (Wildman–Crippen LogP) is 3.51. The summed E-state index contributed by atoms with van der Waals surface area (Å²) in [5.41, 5.74) is 1.41. The van der Waals surface area contributed by atoms with Gasteiger partial charge in [-0.2, -0.15) is 0 Å². The highest BCUT2D eigenvalue weighted by molar-refractivity contribution is 6.30. The van der Waals surface area contributed by atoms with Gasteiger partial charge < -0.3 is 9.88 Å². The van der Waals surface area contributed by atoms with Gasteiger partial charge in [-0.15, -0.1) is 10.2 Å². The number of benzene rings is 1. The summed E-state index contributed by atoms with van der Waals surface area (Å²) in [6.07, 6.45) is 6.12. The number of nitrogens with one attached hydrogen (secondary N) is 1. The van der Waals surface area contributed by atoms with E-state index in [4.69, 9.17) is 11.6 Å². The molecule has 4 rings (SSSR count). The first-order valence-electron chi connectivity index (χ1n) is 8.07. The zero-order valence-electron chi connectivity index (χ0n) is 12.8. The zero-order chi connectivity index (χ0) is 15.2. The molecule has 116 valence electrons. The van der Waals surface area contributed by atoms with Gasteiger partial charge in [0.2, 0.25) is 0 Å². The lowest BCUT2D eigenvalue weighted by Crippen LogP contribution is -2.47. The minimum absolute atomic E-state index is 0.0796. The number of hydrogen-bond donors (Lipinski definition) is 1. The molecule has 1 aromatic carbocycles. The van der Waals surface area contributed by atoms with Crippen LogP contribution >= 0.6 is 11.6 Å². The quantitative estimate of drug-likeness (QED) is 0.918. The zero-order valence-corrected chi connectivity index (χ0v) is 13.6. The predicted molar refractivity (Wildman–Crippen MR) is 86.8 cm³/mol. The maximum Gasteiger partial charge on any atom is 0.146 e. The lowest BCUT2D eigenvalue weighted by Gasteiger charge is -2.43. The van der Waals surface area contributed by atoms with Crippen molar-refractivity contribution in [2.24, 2.45) is 7.05 Å². The third-order valence-electron chi connectivity index (χ3n) is 5.13. The molecule has 2 aliphatic carbocycles. The highest BCUT2D eigenvalue weighted by Crippen LogP contribution is 2.42. The fraction of sp³-hybridized carbons (Fsp3) is 0.529. The van der Waals surface area contributed by atoms with Gasteiger partial charge in [0, 0.05) is 23.5 Å². The van der Waals surface area contributed by atoms with E-state index in [0.717, 1.165) is 23.2 Å². The third-order valence-corrected chi connectivity index (χ3v) is 5.38. The molecule has 2 fully saturated rings. The Hall–Kier alpha value is -1.39. The van der Waals surface area contributed by atoms with E-state index >= 15 is 0 Å². The first-order valence-corrected chi connectivity index (χ1v) is 8.45. The van der Waals surface area contributed by atoms with E-state index < -0.39 is 0 Å². The number of aromatic nitrogens is 3. The summed E-state index contributed by atoms with van der Waals surface area (Å²) in [6, 6.07) is 8.24. The van der Waals surface area contributed by atoms with E-state index in [1.54, 1.807) is 0 Å². The molecule has 0 aliphatic heterocycles. The Balaban J connectivity index is 1.50. The molecule has 5 heteroatoms. The average molecular weight is 317 g/mol. The maximum atomic E-state index is 6.01. The van der Waals surface area contributed by atoms with Gasteiger partial charge in [0.25, 0.3) is 0 Å². The second-order valence-electron chi connectivity index (χ2n) is 6.60. The van der Waals surface area contributed by atoms with Gasteiger partial charge >= 0.3 is 0 Å². The van der Waals surface area contributed by atoms with Crippen LogP contribution in [0.1, 0.15) is 55.2 Å². The third kappa shape index (κ3) is 2.44. The minimum atomic E-state index is 0.0796. The van der Waals surface area contributed by atoms with Crippen LogP contribution in [0, 0.1) is 0 Å². The summed E-state index contributed by atoms with van der Waals surface area (Å²) in [4.78, 5) is 0. The van der Waals surface area contributed by atoms with Crippen molar-refractivity contribution in [2.75, 3.05) is 0 Å². The summed E-state index contributed by atoms with van der Waals surface area (Å²) in [6.45, 7) is 0.763. The van der Waals surface area contributed by atoms with Crippen LogP contribution < -0.4 is 5.32 Å². The summed E-state index contributed by atoms with van der Waals surface area (Å²) in [7, 11) is 2.08. The van der Waals surface area contributed by atoms with Crippen LogP contribution in [-0.2, 0) is 19.1 Å². The second kappa shape index (κ2) is 5.36. The topological polar surface area (TPSA) is 42.7 Å². The Morgan fingerprint density at radius 2 is 1.95 bits per heavy atom. The molecule has 0 bridgehead atoms. The summed E-state index contributed by atoms with van der Waals surface area (Å²) in [5, 5.41) is 13.3. The Morgan fingerprint density at radius 3 is 2.55 bits per heavy atom. The van der Waals surface area contributed by atoms with Crippen LogP contribution in [0.15, 0.2) is 24.3 Å². The lowest BCUT2D eigenvalue weighted by molar-refractivity contribution is 0.181. The van der Waals surface area contributed by atoms with Crippen LogP contribution in [0.2, 0.25) is 5.02 Å². The van der Waals surface area contributed by atoms with Crippen LogP contribution in [-0.4, -0.2) is 14.8 Å². The molecular weight excluding hydrogens is 296 g/mol. The second-order valence-corrected chi connectivity index (χ2v) is 7.04. The van der Waals surface area contributed by atoms with Gasteiger partial charge in [-0.1, -0.05) is 23.7 Å². The van der Waals surface area contributed by atoms with Gasteiger partial charge in [-0.3, -0.25) is 0 Å². The summed E-state index contributed by atoms with van der Waals surface area (Å²) in [5.74, 6) is 2.81. The average Bonchev–Trinajstić information content (AvgIpc) is 3.25. The van der Waals surface area contributed by atoms with E-state index in [9.17, 15) is 0 Å². The van der Waals surface area contributed by atoms with E-state index in [-0.39, 0.29) is 5.54 Å². The van der Waals surface area contributed by atoms with Crippen LogP contribution in [0.4, 0.5) is 0 Å². The molecule has 1 heterocycles. The molecule has 1 N–H and O–H groups in total. The van der Waals surface area contributed by atoms with Crippen molar-refractivity contribution in [3.63, 3.8) is 0 Å². The van der Waals surface area contributed by atoms with E-state index in [1.165, 1.54) is 37.7 Å².